The molecule has 1 amide bonds. The van der Waals surface area contributed by atoms with Gasteiger partial charge in [0.25, 0.3) is 0 Å². The molecule has 2 rings (SSSR count). The normalized spacial score (nSPS) is 15.6. The van der Waals surface area contributed by atoms with Crippen LogP contribution in [0, 0.1) is 0 Å². The second-order valence-electron chi connectivity index (χ2n) is 3.74. The van der Waals surface area contributed by atoms with E-state index in [-0.39, 0.29) is 6.61 Å². The summed E-state index contributed by atoms with van der Waals surface area (Å²) in [6.45, 7) is 3.79. The van der Waals surface area contributed by atoms with Crippen LogP contribution in [0.4, 0.5) is 10.7 Å². The van der Waals surface area contributed by atoms with Crippen LogP contribution in [-0.2, 0) is 11.3 Å². The standard InChI is InChI=1S/C10H15N5O2/c11-9(16)17-7-8-5-13-10(14-6-8)15-3-1-12-2-4-15/h5-6,12H,1-4,7H2,(H2,11,16). The number of primary amides is 1. The monoisotopic (exact) mass is 237 g/mol. The van der Waals surface area contributed by atoms with Crippen molar-refractivity contribution in [3.63, 3.8) is 0 Å². The fourth-order valence-electron chi connectivity index (χ4n) is 1.61. The van der Waals surface area contributed by atoms with Crippen LogP contribution in [0.3, 0.4) is 0 Å². The van der Waals surface area contributed by atoms with Gasteiger partial charge in [-0.2, -0.15) is 0 Å². The number of rotatable bonds is 3. The number of nitrogens with two attached hydrogens (primary N) is 1. The number of ether oxygens (including phenoxy) is 1. The second-order valence-corrected chi connectivity index (χ2v) is 3.74. The Balaban J connectivity index is 1.94. The van der Waals surface area contributed by atoms with Gasteiger partial charge in [-0.3, -0.25) is 0 Å². The summed E-state index contributed by atoms with van der Waals surface area (Å²) in [6.07, 6.45) is 2.50. The van der Waals surface area contributed by atoms with Crippen LogP contribution in [0.2, 0.25) is 0 Å². The third-order valence-corrected chi connectivity index (χ3v) is 2.47. The molecule has 1 aromatic rings. The molecule has 0 spiro atoms. The van der Waals surface area contributed by atoms with E-state index in [4.69, 9.17) is 5.73 Å². The van der Waals surface area contributed by atoms with E-state index < -0.39 is 6.09 Å². The van der Waals surface area contributed by atoms with Gasteiger partial charge in [0.2, 0.25) is 5.95 Å². The zero-order chi connectivity index (χ0) is 12.1. The lowest BCUT2D eigenvalue weighted by Crippen LogP contribution is -2.44. The Morgan fingerprint density at radius 3 is 2.65 bits per heavy atom. The topological polar surface area (TPSA) is 93.4 Å². The van der Waals surface area contributed by atoms with E-state index in [2.05, 4.69) is 24.9 Å². The lowest BCUT2D eigenvalue weighted by molar-refractivity contribution is 0.150. The average molecular weight is 237 g/mol. The number of hydrogen-bond donors (Lipinski definition) is 2. The third kappa shape index (κ3) is 3.28. The number of hydrogen-bond acceptors (Lipinski definition) is 6. The minimum absolute atomic E-state index is 0.108. The highest BCUT2D eigenvalue weighted by Gasteiger charge is 2.12. The van der Waals surface area contributed by atoms with E-state index >= 15 is 0 Å². The molecule has 3 N–H and O–H groups in total. The number of nitrogens with one attached hydrogen (secondary N) is 1. The van der Waals surface area contributed by atoms with Crippen LogP contribution in [0.1, 0.15) is 5.56 Å². The SMILES string of the molecule is NC(=O)OCc1cnc(N2CCNCC2)nc1. The zero-order valence-corrected chi connectivity index (χ0v) is 9.43. The maximum atomic E-state index is 10.4. The van der Waals surface area contributed by atoms with E-state index in [9.17, 15) is 4.79 Å². The number of carbonyl (C=O) groups excluding carboxylic acids is 1. The molecule has 1 aliphatic rings. The number of carbonyl (C=O) groups is 1. The van der Waals surface area contributed by atoms with Crippen LogP contribution in [-0.4, -0.2) is 42.2 Å². The maximum Gasteiger partial charge on any atom is 0.404 e. The Labute approximate surface area is 99.0 Å². The molecule has 0 bridgehead atoms. The molecular formula is C10H15N5O2. The van der Waals surface area contributed by atoms with Crippen molar-refractivity contribution in [3.05, 3.63) is 18.0 Å². The van der Waals surface area contributed by atoms with E-state index in [1.165, 1.54) is 0 Å². The van der Waals surface area contributed by atoms with Crippen molar-refractivity contribution in [3.8, 4) is 0 Å². The molecule has 1 aliphatic heterocycles. The van der Waals surface area contributed by atoms with Crippen LogP contribution >= 0.6 is 0 Å². The van der Waals surface area contributed by atoms with Crippen molar-refractivity contribution in [1.82, 2.24) is 15.3 Å². The summed E-state index contributed by atoms with van der Waals surface area (Å²) in [5.41, 5.74) is 5.59. The van der Waals surface area contributed by atoms with Gasteiger partial charge in [-0.25, -0.2) is 14.8 Å². The summed E-state index contributed by atoms with van der Waals surface area (Å²) in [5.74, 6) is 0.703. The molecule has 7 heteroatoms. The van der Waals surface area contributed by atoms with Gasteiger partial charge in [-0.1, -0.05) is 0 Å². The maximum absolute atomic E-state index is 10.4. The van der Waals surface area contributed by atoms with Gasteiger partial charge in [0.05, 0.1) is 0 Å². The van der Waals surface area contributed by atoms with E-state index in [1.54, 1.807) is 12.4 Å². The Kier molecular flexibility index (Phi) is 3.71. The van der Waals surface area contributed by atoms with Crippen molar-refractivity contribution in [2.75, 3.05) is 31.1 Å². The highest BCUT2D eigenvalue weighted by atomic mass is 16.5. The zero-order valence-electron chi connectivity index (χ0n) is 9.43. The van der Waals surface area contributed by atoms with Crippen molar-refractivity contribution in [2.45, 2.75) is 6.61 Å². The first-order valence-electron chi connectivity index (χ1n) is 5.44. The minimum Gasteiger partial charge on any atom is -0.445 e. The molecular weight excluding hydrogens is 222 g/mol. The van der Waals surface area contributed by atoms with Crippen molar-refractivity contribution < 1.29 is 9.53 Å². The van der Waals surface area contributed by atoms with E-state index in [0.29, 0.717) is 5.95 Å². The van der Waals surface area contributed by atoms with Gasteiger partial charge in [0, 0.05) is 44.1 Å². The summed E-state index contributed by atoms with van der Waals surface area (Å²) in [6, 6.07) is 0. The van der Waals surface area contributed by atoms with Crippen molar-refractivity contribution in [1.29, 1.82) is 0 Å². The fraction of sp³-hybridized carbons (Fsp3) is 0.500. The Bertz CT molecular complexity index is 375. The van der Waals surface area contributed by atoms with Crippen molar-refractivity contribution >= 4 is 12.0 Å². The molecule has 1 aromatic heterocycles. The Hall–Kier alpha value is -1.89. The van der Waals surface area contributed by atoms with E-state index in [1.807, 2.05) is 0 Å². The summed E-state index contributed by atoms with van der Waals surface area (Å²) >= 11 is 0. The third-order valence-electron chi connectivity index (χ3n) is 2.47. The molecule has 2 heterocycles. The average Bonchev–Trinajstić information content (AvgIpc) is 2.38. The van der Waals surface area contributed by atoms with Gasteiger partial charge >= 0.3 is 6.09 Å². The first-order chi connectivity index (χ1) is 8.25. The van der Waals surface area contributed by atoms with Gasteiger partial charge in [0.15, 0.2) is 0 Å². The highest BCUT2D eigenvalue weighted by molar-refractivity contribution is 5.64. The van der Waals surface area contributed by atoms with E-state index in [0.717, 1.165) is 31.7 Å². The number of anilines is 1. The van der Waals surface area contributed by atoms with Gasteiger partial charge in [-0.15, -0.1) is 0 Å². The van der Waals surface area contributed by atoms with Crippen molar-refractivity contribution in [2.24, 2.45) is 5.73 Å². The summed E-state index contributed by atoms with van der Waals surface area (Å²) in [7, 11) is 0. The predicted octanol–water partition coefficient (Wildman–Crippen LogP) is -0.519. The molecule has 17 heavy (non-hydrogen) atoms. The first kappa shape index (κ1) is 11.6. The molecule has 92 valence electrons. The van der Waals surface area contributed by atoms with Gasteiger partial charge < -0.3 is 20.7 Å². The summed E-state index contributed by atoms with van der Waals surface area (Å²) in [5, 5.41) is 3.26. The van der Waals surface area contributed by atoms with Crippen LogP contribution in [0.5, 0.6) is 0 Å². The van der Waals surface area contributed by atoms with Crippen LogP contribution < -0.4 is 16.0 Å². The summed E-state index contributed by atoms with van der Waals surface area (Å²) < 4.78 is 4.65. The molecule has 0 aliphatic carbocycles. The number of amides is 1. The summed E-state index contributed by atoms with van der Waals surface area (Å²) in [4.78, 5) is 21.0. The highest BCUT2D eigenvalue weighted by Crippen LogP contribution is 2.08. The molecule has 0 unspecified atom stereocenters. The molecule has 1 saturated heterocycles. The minimum atomic E-state index is -0.795. The predicted molar refractivity (Wildman–Crippen MR) is 61.5 cm³/mol. The van der Waals surface area contributed by atoms with Gasteiger partial charge in [0.1, 0.15) is 6.61 Å². The number of piperazine rings is 1. The Morgan fingerprint density at radius 2 is 2.06 bits per heavy atom. The second kappa shape index (κ2) is 5.44. The largest absolute Gasteiger partial charge is 0.445 e. The quantitative estimate of drug-likeness (QED) is 0.735. The number of aromatic nitrogens is 2. The molecule has 0 atom stereocenters. The lowest BCUT2D eigenvalue weighted by atomic mass is 10.3. The first-order valence-corrected chi connectivity index (χ1v) is 5.44. The van der Waals surface area contributed by atoms with Gasteiger partial charge in [-0.05, 0) is 0 Å². The fourth-order valence-corrected chi connectivity index (χ4v) is 1.61. The number of nitrogens with zero attached hydrogens (tertiary/aromatic N) is 3. The molecule has 0 radical (unpaired) electrons. The van der Waals surface area contributed by atoms with Crippen LogP contribution in [0.25, 0.3) is 0 Å². The lowest BCUT2D eigenvalue weighted by Gasteiger charge is -2.27. The molecule has 1 fully saturated rings. The smallest absolute Gasteiger partial charge is 0.404 e. The molecule has 7 nitrogen and oxygen atoms in total. The molecule has 0 aromatic carbocycles. The molecule has 0 saturated carbocycles. The van der Waals surface area contributed by atoms with Crippen LogP contribution in [0.15, 0.2) is 12.4 Å². The Morgan fingerprint density at radius 1 is 1.41 bits per heavy atom.